The SMILES string of the molecule is Cc1ccc(O)c(S(=O)(=O)N2CCN(C(=O)c3cc4cc(Cl)ccc4o3)CC2)c1. The first kappa shape index (κ1) is 19.8. The molecule has 1 amide bonds. The molecule has 0 radical (unpaired) electrons. The number of sulfonamides is 1. The highest BCUT2D eigenvalue weighted by atomic mass is 35.5. The van der Waals surface area contributed by atoms with Crippen LogP contribution in [-0.2, 0) is 10.0 Å². The molecule has 0 spiro atoms. The maximum atomic E-state index is 12.9. The molecule has 7 nitrogen and oxygen atoms in total. The Hall–Kier alpha value is -2.55. The van der Waals surface area contributed by atoms with Crippen molar-refractivity contribution in [1.29, 1.82) is 0 Å². The van der Waals surface area contributed by atoms with Crippen LogP contribution in [-0.4, -0.2) is 54.8 Å². The lowest BCUT2D eigenvalue weighted by molar-refractivity contribution is 0.0668. The molecule has 0 atom stereocenters. The molecule has 1 saturated heterocycles. The molecule has 3 aromatic rings. The van der Waals surface area contributed by atoms with Crippen LogP contribution < -0.4 is 0 Å². The number of hydrogen-bond acceptors (Lipinski definition) is 5. The molecule has 1 N–H and O–H groups in total. The average molecular weight is 435 g/mol. The van der Waals surface area contributed by atoms with Crippen LogP contribution in [0.5, 0.6) is 5.75 Å². The molecule has 29 heavy (non-hydrogen) atoms. The number of aromatic hydroxyl groups is 1. The first-order valence-electron chi connectivity index (χ1n) is 9.04. The molecule has 0 unspecified atom stereocenters. The summed E-state index contributed by atoms with van der Waals surface area (Å²) in [5.74, 6) is -0.391. The highest BCUT2D eigenvalue weighted by molar-refractivity contribution is 7.89. The van der Waals surface area contributed by atoms with Gasteiger partial charge in [-0.1, -0.05) is 17.7 Å². The third-order valence-corrected chi connectivity index (χ3v) is 7.11. The molecule has 9 heteroatoms. The largest absolute Gasteiger partial charge is 0.507 e. The van der Waals surface area contributed by atoms with Gasteiger partial charge in [0.1, 0.15) is 16.2 Å². The number of aryl methyl sites for hydroxylation is 1. The summed E-state index contributed by atoms with van der Waals surface area (Å²) in [6.07, 6.45) is 0. The smallest absolute Gasteiger partial charge is 0.289 e. The zero-order valence-electron chi connectivity index (χ0n) is 15.6. The van der Waals surface area contributed by atoms with Gasteiger partial charge in [0.2, 0.25) is 10.0 Å². The summed E-state index contributed by atoms with van der Waals surface area (Å²) in [4.78, 5) is 14.2. The molecule has 152 valence electrons. The molecule has 1 aromatic heterocycles. The molecular formula is C20H19ClN2O5S. The van der Waals surface area contributed by atoms with Gasteiger partial charge in [0.05, 0.1) is 0 Å². The molecule has 0 saturated carbocycles. The molecule has 2 heterocycles. The molecule has 2 aromatic carbocycles. The van der Waals surface area contributed by atoms with E-state index in [0.29, 0.717) is 10.6 Å². The van der Waals surface area contributed by atoms with Gasteiger partial charge < -0.3 is 14.4 Å². The Morgan fingerprint density at radius 1 is 1.07 bits per heavy atom. The lowest BCUT2D eigenvalue weighted by Gasteiger charge is -2.33. The third kappa shape index (κ3) is 3.71. The van der Waals surface area contributed by atoms with Crippen molar-refractivity contribution in [2.24, 2.45) is 0 Å². The molecule has 4 rings (SSSR count). The lowest BCUT2D eigenvalue weighted by Crippen LogP contribution is -2.50. The van der Waals surface area contributed by atoms with E-state index in [2.05, 4.69) is 0 Å². The van der Waals surface area contributed by atoms with Crippen LogP contribution in [0, 0.1) is 6.92 Å². The van der Waals surface area contributed by atoms with Gasteiger partial charge >= 0.3 is 0 Å². The van der Waals surface area contributed by atoms with E-state index in [1.165, 1.54) is 16.4 Å². The second-order valence-electron chi connectivity index (χ2n) is 6.96. The molecular weight excluding hydrogens is 416 g/mol. The van der Waals surface area contributed by atoms with Crippen molar-refractivity contribution in [3.05, 3.63) is 58.8 Å². The Labute approximate surface area is 173 Å². The number of phenols is 1. The lowest BCUT2D eigenvalue weighted by atomic mass is 10.2. The number of furan rings is 1. The predicted molar refractivity (Wildman–Crippen MR) is 109 cm³/mol. The third-order valence-electron chi connectivity index (χ3n) is 4.95. The number of benzene rings is 2. The van der Waals surface area contributed by atoms with E-state index in [9.17, 15) is 18.3 Å². The van der Waals surface area contributed by atoms with Crippen LogP contribution in [0.3, 0.4) is 0 Å². The maximum Gasteiger partial charge on any atom is 0.289 e. The minimum atomic E-state index is -3.85. The minimum absolute atomic E-state index is 0.119. The fraction of sp³-hybridized carbons (Fsp3) is 0.250. The maximum absolute atomic E-state index is 12.9. The van der Waals surface area contributed by atoms with E-state index in [1.807, 2.05) is 0 Å². The van der Waals surface area contributed by atoms with Crippen molar-refractivity contribution in [1.82, 2.24) is 9.21 Å². The van der Waals surface area contributed by atoms with Crippen molar-refractivity contribution in [2.45, 2.75) is 11.8 Å². The fourth-order valence-electron chi connectivity index (χ4n) is 3.37. The highest BCUT2D eigenvalue weighted by Gasteiger charge is 2.32. The number of carbonyl (C=O) groups excluding carboxylic acids is 1. The fourth-order valence-corrected chi connectivity index (χ4v) is 5.14. The van der Waals surface area contributed by atoms with Gasteiger partial charge in [0.25, 0.3) is 5.91 Å². The van der Waals surface area contributed by atoms with E-state index in [0.717, 1.165) is 10.9 Å². The Kier molecular flexibility index (Phi) is 5.02. The van der Waals surface area contributed by atoms with Crippen molar-refractivity contribution in [2.75, 3.05) is 26.2 Å². The second-order valence-corrected chi connectivity index (χ2v) is 9.30. The number of piperazine rings is 1. The van der Waals surface area contributed by atoms with Crippen molar-refractivity contribution >= 4 is 38.5 Å². The summed E-state index contributed by atoms with van der Waals surface area (Å²) >= 11 is 5.97. The van der Waals surface area contributed by atoms with Gasteiger partial charge in [-0.3, -0.25) is 4.79 Å². The monoisotopic (exact) mass is 434 g/mol. The van der Waals surface area contributed by atoms with Crippen molar-refractivity contribution in [3.63, 3.8) is 0 Å². The van der Waals surface area contributed by atoms with Crippen molar-refractivity contribution < 1.29 is 22.7 Å². The van der Waals surface area contributed by atoms with Crippen LogP contribution in [0.1, 0.15) is 16.1 Å². The number of fused-ring (bicyclic) bond motifs is 1. The Morgan fingerprint density at radius 3 is 2.52 bits per heavy atom. The summed E-state index contributed by atoms with van der Waals surface area (Å²) in [5, 5.41) is 11.3. The van der Waals surface area contributed by atoms with E-state index >= 15 is 0 Å². The zero-order valence-corrected chi connectivity index (χ0v) is 17.2. The standard InChI is InChI=1S/C20H19ClN2O5S/c1-13-2-4-16(24)19(10-13)29(26,27)23-8-6-22(7-9-23)20(25)18-12-14-11-15(21)3-5-17(14)28-18/h2-5,10-12,24H,6-9H2,1H3. The second kappa shape index (κ2) is 7.37. The number of nitrogens with zero attached hydrogens (tertiary/aromatic N) is 2. The van der Waals surface area contributed by atoms with Crippen LogP contribution >= 0.6 is 11.6 Å². The van der Waals surface area contributed by atoms with Gasteiger partial charge in [0, 0.05) is 36.6 Å². The van der Waals surface area contributed by atoms with Crippen LogP contribution in [0.25, 0.3) is 11.0 Å². The van der Waals surface area contributed by atoms with Gasteiger partial charge in [-0.2, -0.15) is 4.31 Å². The van der Waals surface area contributed by atoms with E-state index in [1.54, 1.807) is 42.2 Å². The number of halogens is 1. The summed E-state index contributed by atoms with van der Waals surface area (Å²) in [5.41, 5.74) is 1.30. The first-order valence-corrected chi connectivity index (χ1v) is 10.9. The first-order chi connectivity index (χ1) is 13.8. The predicted octanol–water partition coefficient (Wildman–Crippen LogP) is 3.25. The summed E-state index contributed by atoms with van der Waals surface area (Å²) in [6, 6.07) is 11.2. The van der Waals surface area contributed by atoms with Crippen LogP contribution in [0.2, 0.25) is 5.02 Å². The Balaban J connectivity index is 1.49. The van der Waals surface area contributed by atoms with Crippen LogP contribution in [0.4, 0.5) is 0 Å². The Bertz CT molecular complexity index is 1200. The van der Waals surface area contributed by atoms with Gasteiger partial charge in [-0.25, -0.2) is 8.42 Å². The quantitative estimate of drug-likeness (QED) is 0.683. The van der Waals surface area contributed by atoms with E-state index in [4.69, 9.17) is 16.0 Å². The summed E-state index contributed by atoms with van der Waals surface area (Å²) in [6.45, 7) is 2.47. The topological polar surface area (TPSA) is 91.1 Å². The summed E-state index contributed by atoms with van der Waals surface area (Å²) < 4.78 is 32.7. The van der Waals surface area contributed by atoms with E-state index < -0.39 is 10.0 Å². The number of phenolic OH excluding ortho intramolecular Hbond substituents is 1. The van der Waals surface area contributed by atoms with Crippen LogP contribution in [0.15, 0.2) is 51.8 Å². The normalized spacial score (nSPS) is 15.7. The molecule has 1 aliphatic rings. The molecule has 0 aliphatic carbocycles. The van der Waals surface area contributed by atoms with E-state index in [-0.39, 0.29) is 48.5 Å². The molecule has 1 aliphatic heterocycles. The van der Waals surface area contributed by atoms with Gasteiger partial charge in [-0.05, 0) is 48.9 Å². The highest BCUT2D eigenvalue weighted by Crippen LogP contribution is 2.28. The molecule has 1 fully saturated rings. The zero-order chi connectivity index (χ0) is 20.8. The number of amides is 1. The number of carbonyl (C=O) groups is 1. The van der Waals surface area contributed by atoms with Gasteiger partial charge in [0.15, 0.2) is 5.76 Å². The molecule has 0 bridgehead atoms. The minimum Gasteiger partial charge on any atom is -0.507 e. The van der Waals surface area contributed by atoms with Gasteiger partial charge in [-0.15, -0.1) is 0 Å². The summed E-state index contributed by atoms with van der Waals surface area (Å²) in [7, 11) is -3.85. The number of hydrogen-bond donors (Lipinski definition) is 1. The Morgan fingerprint density at radius 2 is 1.79 bits per heavy atom. The van der Waals surface area contributed by atoms with Crippen molar-refractivity contribution in [3.8, 4) is 5.75 Å². The number of rotatable bonds is 3. The average Bonchev–Trinajstić information content (AvgIpc) is 3.12.